The Balaban J connectivity index is 1.39. The van der Waals surface area contributed by atoms with Gasteiger partial charge in [0.15, 0.2) is 11.5 Å². The van der Waals surface area contributed by atoms with Crippen LogP contribution in [-0.4, -0.2) is 56.4 Å². The lowest BCUT2D eigenvalue weighted by Crippen LogP contribution is -2.47. The molecule has 1 saturated carbocycles. The molecule has 0 bridgehead atoms. The molecule has 1 aliphatic carbocycles. The van der Waals surface area contributed by atoms with E-state index in [1.165, 1.54) is 12.8 Å². The minimum Gasteiger partial charge on any atom is -0.493 e. The van der Waals surface area contributed by atoms with Crippen LogP contribution in [0.15, 0.2) is 42.5 Å². The highest BCUT2D eigenvalue weighted by Crippen LogP contribution is 2.33. The van der Waals surface area contributed by atoms with Crippen LogP contribution in [0.3, 0.4) is 0 Å². The van der Waals surface area contributed by atoms with E-state index in [1.807, 2.05) is 24.3 Å². The second kappa shape index (κ2) is 10.4. The summed E-state index contributed by atoms with van der Waals surface area (Å²) in [4.78, 5) is 15.0. The monoisotopic (exact) mass is 435 g/mol. The van der Waals surface area contributed by atoms with Crippen molar-refractivity contribution in [1.29, 1.82) is 0 Å². The van der Waals surface area contributed by atoms with Crippen LogP contribution in [0.5, 0.6) is 17.2 Å². The number of terminal acetylenes is 1. The maximum absolute atomic E-state index is 13.2. The van der Waals surface area contributed by atoms with E-state index in [-0.39, 0.29) is 18.1 Å². The van der Waals surface area contributed by atoms with Crippen molar-refractivity contribution in [1.82, 2.24) is 4.90 Å². The third-order valence-corrected chi connectivity index (χ3v) is 5.87. The van der Waals surface area contributed by atoms with Crippen LogP contribution < -0.4 is 14.2 Å². The van der Waals surface area contributed by atoms with Gasteiger partial charge in [-0.2, -0.15) is 0 Å². The Morgan fingerprint density at radius 1 is 1.19 bits per heavy atom. The summed E-state index contributed by atoms with van der Waals surface area (Å²) in [5.41, 5.74) is 1.35. The van der Waals surface area contributed by atoms with Gasteiger partial charge >= 0.3 is 0 Å². The highest BCUT2D eigenvalue weighted by molar-refractivity contribution is 5.95. The third-order valence-electron chi connectivity index (χ3n) is 5.87. The summed E-state index contributed by atoms with van der Waals surface area (Å²) in [6.07, 6.45) is 9.85. The van der Waals surface area contributed by atoms with E-state index < -0.39 is 0 Å². The van der Waals surface area contributed by atoms with Crippen LogP contribution >= 0.6 is 0 Å². The molecule has 1 amide bonds. The predicted molar refractivity (Wildman–Crippen MR) is 121 cm³/mol. The molecule has 2 aromatic rings. The van der Waals surface area contributed by atoms with Crippen LogP contribution in [0.4, 0.5) is 0 Å². The second-order valence-electron chi connectivity index (χ2n) is 8.12. The van der Waals surface area contributed by atoms with E-state index in [0.717, 1.165) is 18.4 Å². The SMILES string of the molecule is C#Cc1cccc(OCC2CN(C(=O)c3ccc(OC)c(OC4CCCC4)c3)CCO2)c1. The maximum atomic E-state index is 13.2. The van der Waals surface area contributed by atoms with Gasteiger partial charge in [-0.05, 0) is 62.1 Å². The van der Waals surface area contributed by atoms with E-state index in [0.29, 0.717) is 49.1 Å². The van der Waals surface area contributed by atoms with Crippen LogP contribution in [0, 0.1) is 12.3 Å². The summed E-state index contributed by atoms with van der Waals surface area (Å²) in [5, 5.41) is 0. The van der Waals surface area contributed by atoms with Gasteiger partial charge in [-0.25, -0.2) is 0 Å². The minimum absolute atomic E-state index is 0.0495. The normalized spacial score (nSPS) is 18.8. The smallest absolute Gasteiger partial charge is 0.254 e. The molecule has 1 aliphatic heterocycles. The van der Waals surface area contributed by atoms with E-state index in [4.69, 9.17) is 25.4 Å². The largest absolute Gasteiger partial charge is 0.493 e. The summed E-state index contributed by atoms with van der Waals surface area (Å²) in [7, 11) is 1.62. The predicted octanol–water partition coefficient (Wildman–Crippen LogP) is 3.92. The topological polar surface area (TPSA) is 57.2 Å². The molecule has 2 aliphatic rings. The number of carbonyl (C=O) groups excluding carboxylic acids is 1. The number of carbonyl (C=O) groups is 1. The number of methoxy groups -OCH3 is 1. The lowest BCUT2D eigenvalue weighted by molar-refractivity contribution is -0.0401. The zero-order chi connectivity index (χ0) is 22.3. The Labute approximate surface area is 189 Å². The average molecular weight is 436 g/mol. The summed E-state index contributed by atoms with van der Waals surface area (Å²) < 4.78 is 23.3. The van der Waals surface area contributed by atoms with Gasteiger partial charge in [0.2, 0.25) is 0 Å². The third kappa shape index (κ3) is 5.35. The Hall–Kier alpha value is -3.17. The molecule has 168 valence electrons. The Kier molecular flexibility index (Phi) is 7.18. The van der Waals surface area contributed by atoms with Gasteiger partial charge in [-0.1, -0.05) is 12.0 Å². The van der Waals surface area contributed by atoms with Gasteiger partial charge < -0.3 is 23.8 Å². The van der Waals surface area contributed by atoms with Crippen LogP contribution in [0.25, 0.3) is 0 Å². The first kappa shape index (κ1) is 22.0. The van der Waals surface area contributed by atoms with Crippen molar-refractivity contribution >= 4 is 5.91 Å². The molecule has 1 atom stereocenters. The number of amides is 1. The van der Waals surface area contributed by atoms with Gasteiger partial charge in [-0.3, -0.25) is 4.79 Å². The summed E-state index contributed by atoms with van der Waals surface area (Å²) in [6.45, 7) is 1.80. The fourth-order valence-electron chi connectivity index (χ4n) is 4.14. The summed E-state index contributed by atoms with van der Waals surface area (Å²) >= 11 is 0. The van der Waals surface area contributed by atoms with E-state index in [9.17, 15) is 4.79 Å². The number of hydrogen-bond acceptors (Lipinski definition) is 5. The fourth-order valence-corrected chi connectivity index (χ4v) is 4.14. The molecule has 32 heavy (non-hydrogen) atoms. The molecule has 4 rings (SSSR count). The second-order valence-corrected chi connectivity index (χ2v) is 8.12. The lowest BCUT2D eigenvalue weighted by Gasteiger charge is -2.33. The molecule has 0 N–H and O–H groups in total. The molecular formula is C26H29NO5. The minimum atomic E-state index is -0.213. The number of rotatable bonds is 7. The van der Waals surface area contributed by atoms with Crippen molar-refractivity contribution in [2.75, 3.05) is 33.4 Å². The molecular weight excluding hydrogens is 406 g/mol. The molecule has 6 nitrogen and oxygen atoms in total. The molecule has 1 saturated heterocycles. The van der Waals surface area contributed by atoms with Gasteiger partial charge in [0.05, 0.1) is 26.4 Å². The van der Waals surface area contributed by atoms with Crippen LogP contribution in [-0.2, 0) is 4.74 Å². The molecule has 6 heteroatoms. The zero-order valence-electron chi connectivity index (χ0n) is 18.4. The van der Waals surface area contributed by atoms with Gasteiger partial charge in [0.1, 0.15) is 18.5 Å². The van der Waals surface area contributed by atoms with Gasteiger partial charge in [0.25, 0.3) is 5.91 Å². The zero-order valence-corrected chi connectivity index (χ0v) is 18.4. The van der Waals surface area contributed by atoms with Gasteiger partial charge in [0, 0.05) is 17.7 Å². The molecule has 2 fully saturated rings. The first-order chi connectivity index (χ1) is 15.7. The number of morpholine rings is 1. The molecule has 0 aromatic heterocycles. The molecule has 0 spiro atoms. The Bertz CT molecular complexity index is 976. The molecule has 2 aromatic carbocycles. The summed E-state index contributed by atoms with van der Waals surface area (Å²) in [5.74, 6) is 4.52. The number of ether oxygens (including phenoxy) is 4. The molecule has 1 unspecified atom stereocenters. The fraction of sp³-hybridized carbons (Fsp3) is 0.423. The Morgan fingerprint density at radius 3 is 2.81 bits per heavy atom. The van der Waals surface area contributed by atoms with Crippen molar-refractivity contribution in [3.63, 3.8) is 0 Å². The first-order valence-corrected chi connectivity index (χ1v) is 11.1. The Morgan fingerprint density at radius 2 is 2.03 bits per heavy atom. The van der Waals surface area contributed by atoms with Gasteiger partial charge in [-0.15, -0.1) is 6.42 Å². The van der Waals surface area contributed by atoms with Crippen molar-refractivity contribution in [3.8, 4) is 29.6 Å². The number of hydrogen-bond donors (Lipinski definition) is 0. The standard InChI is InChI=1S/C26H29NO5/c1-3-19-7-6-10-22(15-19)31-18-23-17-27(13-14-30-23)26(28)20-11-12-24(29-2)25(16-20)32-21-8-4-5-9-21/h1,6-7,10-12,15-16,21,23H,4-5,8-9,13-14,17-18H2,2H3. The van der Waals surface area contributed by atoms with Crippen molar-refractivity contribution in [2.24, 2.45) is 0 Å². The van der Waals surface area contributed by atoms with Crippen molar-refractivity contribution in [2.45, 2.75) is 37.9 Å². The highest BCUT2D eigenvalue weighted by Gasteiger charge is 2.27. The molecule has 0 radical (unpaired) electrons. The van der Waals surface area contributed by atoms with Crippen molar-refractivity contribution < 1.29 is 23.7 Å². The van der Waals surface area contributed by atoms with E-state index in [2.05, 4.69) is 5.92 Å². The number of benzene rings is 2. The maximum Gasteiger partial charge on any atom is 0.254 e. The number of nitrogens with zero attached hydrogens (tertiary/aromatic N) is 1. The van der Waals surface area contributed by atoms with Crippen LogP contribution in [0.1, 0.15) is 41.6 Å². The molecule has 1 heterocycles. The highest BCUT2D eigenvalue weighted by atomic mass is 16.5. The lowest BCUT2D eigenvalue weighted by atomic mass is 10.1. The summed E-state index contributed by atoms with van der Waals surface area (Å²) in [6, 6.07) is 12.8. The van der Waals surface area contributed by atoms with E-state index in [1.54, 1.807) is 30.2 Å². The van der Waals surface area contributed by atoms with E-state index >= 15 is 0 Å². The van der Waals surface area contributed by atoms with Crippen molar-refractivity contribution in [3.05, 3.63) is 53.6 Å². The quantitative estimate of drug-likeness (QED) is 0.617. The first-order valence-electron chi connectivity index (χ1n) is 11.1. The van der Waals surface area contributed by atoms with Crippen LogP contribution in [0.2, 0.25) is 0 Å². The average Bonchev–Trinajstić information content (AvgIpc) is 3.35.